The molecule has 7 unspecified atom stereocenters. The summed E-state index contributed by atoms with van der Waals surface area (Å²) in [6.45, 7) is 11.4. The van der Waals surface area contributed by atoms with E-state index >= 15 is 0 Å². The van der Waals surface area contributed by atoms with Crippen LogP contribution in [0, 0.1) is 40.4 Å². The average Bonchev–Trinajstić information content (AvgIpc) is 2.99. The lowest BCUT2D eigenvalue weighted by Gasteiger charge is -2.62. The van der Waals surface area contributed by atoms with Gasteiger partial charge in [-0.2, -0.15) is 0 Å². The molecule has 0 saturated heterocycles. The van der Waals surface area contributed by atoms with E-state index in [1.807, 2.05) is 6.92 Å². The molecule has 0 bridgehead atoms. The van der Waals surface area contributed by atoms with Gasteiger partial charge in [-0.25, -0.2) is 0 Å². The number of hydrogen-bond donors (Lipinski definition) is 2. The predicted molar refractivity (Wildman–Crippen MR) is 121 cm³/mol. The van der Waals surface area contributed by atoms with Crippen molar-refractivity contribution in [2.75, 3.05) is 0 Å². The van der Waals surface area contributed by atoms with E-state index in [9.17, 15) is 10.2 Å². The van der Waals surface area contributed by atoms with E-state index in [0.29, 0.717) is 10.8 Å². The molecule has 4 aliphatic carbocycles. The van der Waals surface area contributed by atoms with Crippen molar-refractivity contribution in [1.29, 1.82) is 0 Å². The van der Waals surface area contributed by atoms with Crippen LogP contribution in [0.2, 0.25) is 0 Å². The Morgan fingerprint density at radius 1 is 0.897 bits per heavy atom. The molecule has 0 spiro atoms. The van der Waals surface area contributed by atoms with Gasteiger partial charge < -0.3 is 10.2 Å². The van der Waals surface area contributed by atoms with Gasteiger partial charge in [0.15, 0.2) is 0 Å². The highest BCUT2D eigenvalue weighted by molar-refractivity contribution is 5.10. The molecule has 0 heterocycles. The quantitative estimate of drug-likeness (QED) is 0.533. The van der Waals surface area contributed by atoms with Gasteiger partial charge in [-0.1, -0.05) is 27.2 Å². The van der Waals surface area contributed by atoms with Crippen LogP contribution in [0.15, 0.2) is 0 Å². The van der Waals surface area contributed by atoms with Crippen molar-refractivity contribution in [3.8, 4) is 0 Å². The molecule has 4 rings (SSSR count). The van der Waals surface area contributed by atoms with Crippen molar-refractivity contribution in [3.05, 3.63) is 0 Å². The molecule has 0 radical (unpaired) electrons. The topological polar surface area (TPSA) is 40.5 Å². The molecule has 29 heavy (non-hydrogen) atoms. The zero-order chi connectivity index (χ0) is 21.1. The van der Waals surface area contributed by atoms with Crippen molar-refractivity contribution in [2.45, 2.75) is 129 Å². The standard InChI is InChI=1S/C27H48O2/c1-6-24(2,28)14-7-8-19-10-12-22-21-11-9-20-18-25(3,29)16-17-27(20,5)23(21)13-15-26(19,22)4/h19-23,28-29H,6-18H2,1-5H3/t19?,20?,21?,22-,23?,24?,25-,26?,27?/m0/s1. The molecule has 168 valence electrons. The van der Waals surface area contributed by atoms with Crippen LogP contribution >= 0.6 is 0 Å². The zero-order valence-corrected chi connectivity index (χ0v) is 20.0. The first-order valence-electron chi connectivity index (χ1n) is 13.0. The Bertz CT molecular complexity index is 595. The van der Waals surface area contributed by atoms with Crippen LogP contribution in [0.25, 0.3) is 0 Å². The molecule has 0 aromatic rings. The van der Waals surface area contributed by atoms with E-state index < -0.39 is 11.2 Å². The Hall–Kier alpha value is -0.0800. The molecule has 0 amide bonds. The van der Waals surface area contributed by atoms with Crippen molar-refractivity contribution in [3.63, 3.8) is 0 Å². The summed E-state index contributed by atoms with van der Waals surface area (Å²) in [5.74, 6) is 4.37. The highest BCUT2D eigenvalue weighted by Gasteiger charge is 2.60. The largest absolute Gasteiger partial charge is 0.390 e. The summed E-state index contributed by atoms with van der Waals surface area (Å²) in [6.07, 6.45) is 16.1. The molecule has 9 atom stereocenters. The van der Waals surface area contributed by atoms with Crippen LogP contribution < -0.4 is 0 Å². The van der Waals surface area contributed by atoms with Gasteiger partial charge in [0.1, 0.15) is 0 Å². The van der Waals surface area contributed by atoms with Crippen LogP contribution in [0.1, 0.15) is 118 Å². The second-order valence-corrected chi connectivity index (χ2v) is 12.9. The second-order valence-electron chi connectivity index (χ2n) is 12.9. The predicted octanol–water partition coefficient (Wildman–Crippen LogP) is 6.73. The molecular weight excluding hydrogens is 356 g/mol. The van der Waals surface area contributed by atoms with Gasteiger partial charge in [-0.05, 0) is 131 Å². The van der Waals surface area contributed by atoms with E-state index in [1.165, 1.54) is 57.8 Å². The van der Waals surface area contributed by atoms with Crippen LogP contribution in [0.5, 0.6) is 0 Å². The average molecular weight is 405 g/mol. The van der Waals surface area contributed by atoms with Gasteiger partial charge in [0.05, 0.1) is 11.2 Å². The molecule has 0 aromatic carbocycles. The molecular formula is C27H48O2. The third kappa shape index (κ3) is 3.84. The van der Waals surface area contributed by atoms with Crippen molar-refractivity contribution < 1.29 is 10.2 Å². The maximum absolute atomic E-state index is 10.7. The molecule has 2 nitrogen and oxygen atoms in total. The molecule has 4 aliphatic rings. The smallest absolute Gasteiger partial charge is 0.0622 e. The van der Waals surface area contributed by atoms with E-state index in [4.69, 9.17) is 0 Å². The molecule has 2 heteroatoms. The minimum atomic E-state index is -0.467. The highest BCUT2D eigenvalue weighted by atomic mass is 16.3. The van der Waals surface area contributed by atoms with Crippen molar-refractivity contribution in [1.82, 2.24) is 0 Å². The minimum Gasteiger partial charge on any atom is -0.390 e. The summed E-state index contributed by atoms with van der Waals surface area (Å²) >= 11 is 0. The fourth-order valence-electron chi connectivity index (χ4n) is 8.92. The van der Waals surface area contributed by atoms with Gasteiger partial charge in [0.2, 0.25) is 0 Å². The van der Waals surface area contributed by atoms with Gasteiger partial charge in [-0.3, -0.25) is 0 Å². The van der Waals surface area contributed by atoms with Crippen molar-refractivity contribution >= 4 is 0 Å². The molecule has 0 aromatic heterocycles. The lowest BCUT2D eigenvalue weighted by Crippen LogP contribution is -2.55. The third-order valence-corrected chi connectivity index (χ3v) is 11.2. The SMILES string of the molecule is CCC(C)(O)CCCC1CC[C@H]2C3CCC4C[C@@](C)(O)CCC4(C)C3CCC12C. The Morgan fingerprint density at radius 2 is 1.62 bits per heavy atom. The zero-order valence-electron chi connectivity index (χ0n) is 20.0. The summed E-state index contributed by atoms with van der Waals surface area (Å²) in [4.78, 5) is 0. The molecule has 2 N–H and O–H groups in total. The fourth-order valence-corrected chi connectivity index (χ4v) is 8.92. The van der Waals surface area contributed by atoms with Gasteiger partial charge in [0, 0.05) is 0 Å². The van der Waals surface area contributed by atoms with Crippen LogP contribution in [-0.4, -0.2) is 21.4 Å². The van der Waals surface area contributed by atoms with E-state index in [1.54, 1.807) is 0 Å². The van der Waals surface area contributed by atoms with E-state index in [2.05, 4.69) is 27.7 Å². The lowest BCUT2D eigenvalue weighted by atomic mass is 9.44. The van der Waals surface area contributed by atoms with Crippen molar-refractivity contribution in [2.24, 2.45) is 40.4 Å². The van der Waals surface area contributed by atoms with Gasteiger partial charge in [-0.15, -0.1) is 0 Å². The monoisotopic (exact) mass is 404 g/mol. The van der Waals surface area contributed by atoms with Gasteiger partial charge in [0.25, 0.3) is 0 Å². The highest BCUT2D eigenvalue weighted by Crippen LogP contribution is 2.68. The van der Waals surface area contributed by atoms with Crippen LogP contribution in [0.3, 0.4) is 0 Å². The summed E-state index contributed by atoms with van der Waals surface area (Å²) in [5.41, 5.74) is 0.136. The van der Waals surface area contributed by atoms with Gasteiger partial charge >= 0.3 is 0 Å². The Kier molecular flexibility index (Phi) is 5.73. The first-order chi connectivity index (χ1) is 13.5. The normalized spacial score (nSPS) is 51.6. The van der Waals surface area contributed by atoms with Crippen LogP contribution in [-0.2, 0) is 0 Å². The first-order valence-corrected chi connectivity index (χ1v) is 13.0. The fraction of sp³-hybridized carbons (Fsp3) is 1.00. The summed E-state index contributed by atoms with van der Waals surface area (Å²) in [5, 5.41) is 21.1. The minimum absolute atomic E-state index is 0.418. The van der Waals surface area contributed by atoms with E-state index in [-0.39, 0.29) is 0 Å². The first kappa shape index (κ1) is 22.1. The Balaban J connectivity index is 1.44. The lowest BCUT2D eigenvalue weighted by molar-refractivity contribution is -0.146. The van der Waals surface area contributed by atoms with Crippen LogP contribution in [0.4, 0.5) is 0 Å². The summed E-state index contributed by atoms with van der Waals surface area (Å²) in [6, 6.07) is 0. The number of fused-ring (bicyclic) bond motifs is 5. The second kappa shape index (κ2) is 7.51. The third-order valence-electron chi connectivity index (χ3n) is 11.2. The molecule has 0 aliphatic heterocycles. The molecule has 4 fully saturated rings. The number of aliphatic hydroxyl groups is 2. The Morgan fingerprint density at radius 3 is 2.34 bits per heavy atom. The maximum Gasteiger partial charge on any atom is 0.0622 e. The van der Waals surface area contributed by atoms with E-state index in [0.717, 1.165) is 55.3 Å². The summed E-state index contributed by atoms with van der Waals surface area (Å²) in [7, 11) is 0. The number of rotatable bonds is 5. The maximum atomic E-state index is 10.7. The summed E-state index contributed by atoms with van der Waals surface area (Å²) < 4.78 is 0. The molecule has 4 saturated carbocycles. The number of hydrogen-bond acceptors (Lipinski definition) is 2. The Labute approximate surface area is 180 Å².